The molecule has 1 aromatic heterocycles. The Kier molecular flexibility index (Phi) is 10.8. The number of carbonyl (C=O) groups excluding carboxylic acids is 3. The third-order valence-corrected chi connectivity index (χ3v) is 6.28. The Bertz CT molecular complexity index is 1220. The largest absolute Gasteiger partial charge is 0.493 e. The summed E-state index contributed by atoms with van der Waals surface area (Å²) in [5.41, 5.74) is 1.82. The molecule has 0 spiro atoms. The van der Waals surface area contributed by atoms with E-state index in [2.05, 4.69) is 20.8 Å². The molecular weight excluding hydrogens is 510 g/mol. The molecule has 1 heterocycles. The summed E-state index contributed by atoms with van der Waals surface area (Å²) < 4.78 is 15.5. The quantitative estimate of drug-likeness (QED) is 0.315. The molecular formula is C26H31N5O6S. The van der Waals surface area contributed by atoms with Crippen LogP contribution in [0.15, 0.2) is 48.5 Å². The number of nitrogens with one attached hydrogen (secondary N) is 2. The van der Waals surface area contributed by atoms with Crippen molar-refractivity contribution >= 4 is 34.4 Å². The number of hydrogen-bond donors (Lipinski definition) is 2. The lowest BCUT2D eigenvalue weighted by molar-refractivity contribution is -0.141. The molecule has 2 N–H and O–H groups in total. The molecule has 0 aliphatic rings. The summed E-state index contributed by atoms with van der Waals surface area (Å²) in [5, 5.41) is 14.5. The zero-order chi connectivity index (χ0) is 27.3. The fourth-order valence-electron chi connectivity index (χ4n) is 3.48. The molecule has 0 unspecified atom stereocenters. The number of carbonyl (C=O) groups is 3. The van der Waals surface area contributed by atoms with Crippen molar-refractivity contribution in [3.05, 3.63) is 54.1 Å². The topological polar surface area (TPSA) is 132 Å². The monoisotopic (exact) mass is 541 g/mol. The number of ether oxygens (including phenoxy) is 3. The van der Waals surface area contributed by atoms with Gasteiger partial charge in [-0.05, 0) is 31.0 Å². The first-order valence-corrected chi connectivity index (χ1v) is 12.8. The predicted molar refractivity (Wildman–Crippen MR) is 143 cm³/mol. The van der Waals surface area contributed by atoms with Gasteiger partial charge in [-0.3, -0.25) is 9.59 Å². The van der Waals surface area contributed by atoms with E-state index in [1.807, 2.05) is 42.5 Å². The lowest BCUT2D eigenvalue weighted by atomic mass is 10.1. The van der Waals surface area contributed by atoms with Crippen LogP contribution in [0.4, 0.5) is 9.93 Å². The average molecular weight is 542 g/mol. The number of nitrogens with zero attached hydrogens (tertiary/aromatic N) is 3. The van der Waals surface area contributed by atoms with Crippen LogP contribution in [0.2, 0.25) is 0 Å². The Hall–Kier alpha value is -4.19. The number of esters is 1. The van der Waals surface area contributed by atoms with Gasteiger partial charge in [0.15, 0.2) is 11.5 Å². The molecule has 2 aromatic carbocycles. The highest BCUT2D eigenvalue weighted by atomic mass is 32.1. The lowest BCUT2D eigenvalue weighted by Gasteiger charge is -2.23. The molecule has 0 bridgehead atoms. The highest BCUT2D eigenvalue weighted by Gasteiger charge is 2.18. The van der Waals surface area contributed by atoms with Crippen molar-refractivity contribution in [2.24, 2.45) is 0 Å². The predicted octanol–water partition coefficient (Wildman–Crippen LogP) is 3.37. The van der Waals surface area contributed by atoms with Crippen LogP contribution in [0, 0.1) is 0 Å². The number of methoxy groups -OCH3 is 2. The van der Waals surface area contributed by atoms with Crippen molar-refractivity contribution in [3.63, 3.8) is 0 Å². The zero-order valence-electron chi connectivity index (χ0n) is 21.6. The van der Waals surface area contributed by atoms with Crippen LogP contribution < -0.4 is 20.1 Å². The summed E-state index contributed by atoms with van der Waals surface area (Å²) in [5.74, 6) is 0.331. The Labute approximate surface area is 225 Å². The van der Waals surface area contributed by atoms with E-state index in [9.17, 15) is 14.4 Å². The third kappa shape index (κ3) is 8.44. The van der Waals surface area contributed by atoms with Gasteiger partial charge in [-0.15, -0.1) is 10.2 Å². The van der Waals surface area contributed by atoms with Crippen molar-refractivity contribution in [2.45, 2.75) is 19.8 Å². The van der Waals surface area contributed by atoms with Gasteiger partial charge in [0.05, 0.1) is 20.8 Å². The first kappa shape index (κ1) is 28.4. The van der Waals surface area contributed by atoms with Crippen molar-refractivity contribution in [1.82, 2.24) is 20.4 Å². The van der Waals surface area contributed by atoms with E-state index in [1.54, 1.807) is 27.2 Å². The van der Waals surface area contributed by atoms with Crippen LogP contribution in [-0.4, -0.2) is 73.5 Å². The standard InChI is InChI=1S/C26H31N5O6S/c1-4-37-23(33)17-27-26(34)31(14-12-18-10-11-20(35-2)21(16-18)36-3)15-13-22(32)28-25-30-29-24(38-25)19-8-6-5-7-9-19/h5-11,16H,4,12-15,17H2,1-3H3,(H,27,34)(H,28,30,32). The second-order valence-electron chi connectivity index (χ2n) is 7.97. The number of benzene rings is 2. The maximum atomic E-state index is 12.8. The number of rotatable bonds is 13. The fraction of sp³-hybridized carbons (Fsp3) is 0.346. The fourth-order valence-corrected chi connectivity index (χ4v) is 4.24. The molecule has 0 radical (unpaired) electrons. The van der Waals surface area contributed by atoms with Gasteiger partial charge >= 0.3 is 12.0 Å². The molecule has 0 aliphatic heterocycles. The molecule has 11 nitrogen and oxygen atoms in total. The SMILES string of the molecule is CCOC(=O)CNC(=O)N(CCC(=O)Nc1nnc(-c2ccccc2)s1)CCc1ccc(OC)c(OC)c1. The van der Waals surface area contributed by atoms with E-state index in [4.69, 9.17) is 14.2 Å². The number of anilines is 1. The van der Waals surface area contributed by atoms with Crippen LogP contribution in [0.25, 0.3) is 10.6 Å². The highest BCUT2D eigenvalue weighted by molar-refractivity contribution is 7.18. The molecule has 3 amide bonds. The van der Waals surface area contributed by atoms with Crippen molar-refractivity contribution < 1.29 is 28.6 Å². The molecule has 0 atom stereocenters. The van der Waals surface area contributed by atoms with E-state index in [1.165, 1.54) is 16.2 Å². The second-order valence-corrected chi connectivity index (χ2v) is 8.94. The van der Waals surface area contributed by atoms with Crippen LogP contribution in [0.3, 0.4) is 0 Å². The molecule has 12 heteroatoms. The number of aromatic nitrogens is 2. The maximum absolute atomic E-state index is 12.8. The van der Waals surface area contributed by atoms with Crippen LogP contribution in [0.1, 0.15) is 18.9 Å². The summed E-state index contributed by atoms with van der Waals surface area (Å²) in [6.45, 7) is 2.06. The number of amides is 3. The number of hydrogen-bond acceptors (Lipinski definition) is 9. The first-order valence-electron chi connectivity index (χ1n) is 12.0. The van der Waals surface area contributed by atoms with Crippen molar-refractivity contribution in [1.29, 1.82) is 0 Å². The summed E-state index contributed by atoms with van der Waals surface area (Å²) in [6, 6.07) is 14.6. The summed E-state index contributed by atoms with van der Waals surface area (Å²) in [4.78, 5) is 38.6. The van der Waals surface area contributed by atoms with E-state index < -0.39 is 12.0 Å². The van der Waals surface area contributed by atoms with Gasteiger partial charge in [0.25, 0.3) is 0 Å². The van der Waals surface area contributed by atoms with E-state index >= 15 is 0 Å². The van der Waals surface area contributed by atoms with Crippen molar-refractivity contribution in [3.8, 4) is 22.1 Å². The summed E-state index contributed by atoms with van der Waals surface area (Å²) >= 11 is 1.26. The molecule has 38 heavy (non-hydrogen) atoms. The van der Waals surface area contributed by atoms with E-state index in [-0.39, 0.29) is 32.0 Å². The van der Waals surface area contributed by atoms with Gasteiger partial charge in [0, 0.05) is 25.1 Å². The minimum absolute atomic E-state index is 0.0268. The minimum atomic E-state index is -0.538. The van der Waals surface area contributed by atoms with Gasteiger partial charge in [-0.1, -0.05) is 47.7 Å². The average Bonchev–Trinajstić information content (AvgIpc) is 3.40. The van der Waals surface area contributed by atoms with E-state index in [0.29, 0.717) is 34.6 Å². The molecule has 3 aromatic rings. The molecule has 202 valence electrons. The van der Waals surface area contributed by atoms with Gasteiger partial charge < -0.3 is 29.7 Å². The van der Waals surface area contributed by atoms with Gasteiger partial charge in [0.1, 0.15) is 11.6 Å². The summed E-state index contributed by atoms with van der Waals surface area (Å²) in [6.07, 6.45) is 0.518. The van der Waals surface area contributed by atoms with E-state index in [0.717, 1.165) is 11.1 Å². The summed E-state index contributed by atoms with van der Waals surface area (Å²) in [7, 11) is 3.11. The van der Waals surface area contributed by atoms with Gasteiger partial charge in [0.2, 0.25) is 11.0 Å². The Morgan fingerprint density at radius 3 is 2.45 bits per heavy atom. The molecule has 0 saturated carbocycles. The second kappa shape index (κ2) is 14.5. The lowest BCUT2D eigenvalue weighted by Crippen LogP contribution is -2.44. The van der Waals surface area contributed by atoms with Crippen LogP contribution in [0.5, 0.6) is 11.5 Å². The first-order chi connectivity index (χ1) is 18.4. The number of urea groups is 1. The van der Waals surface area contributed by atoms with Crippen LogP contribution >= 0.6 is 11.3 Å². The van der Waals surface area contributed by atoms with Gasteiger partial charge in [-0.25, -0.2) is 4.79 Å². The Balaban J connectivity index is 1.61. The third-order valence-electron chi connectivity index (χ3n) is 5.40. The maximum Gasteiger partial charge on any atom is 0.325 e. The van der Waals surface area contributed by atoms with Crippen LogP contribution in [-0.2, 0) is 20.7 Å². The zero-order valence-corrected chi connectivity index (χ0v) is 22.4. The molecule has 0 aliphatic carbocycles. The minimum Gasteiger partial charge on any atom is -0.493 e. The Morgan fingerprint density at radius 2 is 1.74 bits per heavy atom. The smallest absolute Gasteiger partial charge is 0.325 e. The molecule has 0 saturated heterocycles. The normalized spacial score (nSPS) is 10.4. The Morgan fingerprint density at radius 1 is 0.974 bits per heavy atom. The molecule has 3 rings (SSSR count). The van der Waals surface area contributed by atoms with Gasteiger partial charge in [-0.2, -0.15) is 0 Å². The molecule has 0 fully saturated rings. The highest BCUT2D eigenvalue weighted by Crippen LogP contribution is 2.28. The van der Waals surface area contributed by atoms with Crippen molar-refractivity contribution in [2.75, 3.05) is 45.8 Å².